The van der Waals surface area contributed by atoms with Gasteiger partial charge < -0.3 is 29.7 Å². The van der Waals surface area contributed by atoms with Crippen LogP contribution in [0, 0.1) is 0 Å². The highest BCUT2D eigenvalue weighted by atomic mass is 16.5. The number of unbranched alkanes of at least 4 members (excludes halogenated alkanes) is 1. The molecule has 1 unspecified atom stereocenters. The van der Waals surface area contributed by atoms with Crippen molar-refractivity contribution in [1.82, 2.24) is 10.2 Å². The van der Waals surface area contributed by atoms with Crippen molar-refractivity contribution in [2.45, 2.75) is 32.2 Å². The van der Waals surface area contributed by atoms with E-state index in [1.54, 1.807) is 6.07 Å². The largest absolute Gasteiger partial charge is 0.490 e. The number of piperazine rings is 1. The van der Waals surface area contributed by atoms with Crippen LogP contribution >= 0.6 is 0 Å². The number of carbonyl (C=O) groups excluding carboxylic acids is 3. The number of nitrogens with zero attached hydrogens (tertiary/aromatic N) is 1. The van der Waals surface area contributed by atoms with Crippen LogP contribution in [0.4, 0.5) is 5.69 Å². The molecule has 1 saturated heterocycles. The topological polar surface area (TPSA) is 106 Å². The van der Waals surface area contributed by atoms with Crippen LogP contribution in [0.3, 0.4) is 0 Å². The first kappa shape index (κ1) is 25.9. The summed E-state index contributed by atoms with van der Waals surface area (Å²) >= 11 is 0. The van der Waals surface area contributed by atoms with Gasteiger partial charge in [0.15, 0.2) is 0 Å². The van der Waals surface area contributed by atoms with Crippen molar-refractivity contribution >= 4 is 23.5 Å². The van der Waals surface area contributed by atoms with Gasteiger partial charge in [-0.2, -0.15) is 0 Å². The lowest BCUT2D eigenvalue weighted by Gasteiger charge is -2.34. The Bertz CT molecular complexity index is 969. The Labute approximate surface area is 205 Å². The molecule has 3 rings (SSSR count). The minimum absolute atomic E-state index is 0.0186. The molecule has 0 spiro atoms. The molecule has 0 bridgehead atoms. The van der Waals surface area contributed by atoms with Gasteiger partial charge in [-0.25, -0.2) is 0 Å². The molecule has 2 aromatic carbocycles. The van der Waals surface area contributed by atoms with Gasteiger partial charge in [0.1, 0.15) is 30.8 Å². The molecule has 0 radical (unpaired) electrons. The number of rotatable bonds is 13. The molecular weight excluding hydrogens is 450 g/mol. The Hall–Kier alpha value is -3.75. The Morgan fingerprint density at radius 2 is 1.77 bits per heavy atom. The van der Waals surface area contributed by atoms with Crippen LogP contribution in [0.15, 0.2) is 54.6 Å². The lowest BCUT2D eigenvalue weighted by molar-refractivity contribution is -0.151. The number of hydrogen-bond acceptors (Lipinski definition) is 7. The van der Waals surface area contributed by atoms with Crippen molar-refractivity contribution in [3.8, 4) is 11.5 Å². The highest BCUT2D eigenvalue weighted by Crippen LogP contribution is 2.18. The summed E-state index contributed by atoms with van der Waals surface area (Å²) in [7, 11) is 0. The van der Waals surface area contributed by atoms with E-state index in [0.717, 1.165) is 18.6 Å². The molecule has 1 heterocycles. The SMILES string of the molecule is CCCCOC(=O)CC1C(=O)NCCN1C(=O)CNc1cccc(OCCOc2ccccc2)c1. The van der Waals surface area contributed by atoms with E-state index in [1.165, 1.54) is 4.90 Å². The Morgan fingerprint density at radius 3 is 2.54 bits per heavy atom. The van der Waals surface area contributed by atoms with Gasteiger partial charge in [0.05, 0.1) is 19.6 Å². The molecule has 188 valence electrons. The minimum atomic E-state index is -0.869. The van der Waals surface area contributed by atoms with E-state index in [9.17, 15) is 14.4 Å². The summed E-state index contributed by atoms with van der Waals surface area (Å²) in [6.07, 6.45) is 1.51. The third-order valence-electron chi connectivity index (χ3n) is 5.41. The molecule has 9 nitrogen and oxygen atoms in total. The number of amides is 2. The van der Waals surface area contributed by atoms with E-state index in [2.05, 4.69) is 10.6 Å². The van der Waals surface area contributed by atoms with Gasteiger partial charge >= 0.3 is 5.97 Å². The van der Waals surface area contributed by atoms with Crippen molar-refractivity contribution in [1.29, 1.82) is 0 Å². The first-order valence-electron chi connectivity index (χ1n) is 11.9. The first-order chi connectivity index (χ1) is 17.1. The third kappa shape index (κ3) is 8.51. The zero-order valence-corrected chi connectivity index (χ0v) is 20.0. The second kappa shape index (κ2) is 13.8. The molecule has 2 aromatic rings. The fraction of sp³-hybridized carbons (Fsp3) is 0.423. The van der Waals surface area contributed by atoms with Crippen LogP contribution in [0.5, 0.6) is 11.5 Å². The standard InChI is InChI=1S/C26H33N3O6/c1-2-3-14-35-25(31)18-23-26(32)27-12-13-29(23)24(30)19-28-20-8-7-11-22(17-20)34-16-15-33-21-9-5-4-6-10-21/h4-11,17,23,28H,2-3,12-16,18-19H2,1H3,(H,27,32). The van der Waals surface area contributed by atoms with Crippen molar-refractivity contribution < 1.29 is 28.6 Å². The molecule has 9 heteroatoms. The first-order valence-corrected chi connectivity index (χ1v) is 11.9. The van der Waals surface area contributed by atoms with Gasteiger partial charge in [-0.15, -0.1) is 0 Å². The van der Waals surface area contributed by atoms with Crippen LogP contribution in [-0.4, -0.2) is 68.2 Å². The van der Waals surface area contributed by atoms with Gasteiger partial charge in [-0.05, 0) is 30.7 Å². The number of nitrogens with one attached hydrogen (secondary N) is 2. The molecule has 0 aliphatic carbocycles. The van der Waals surface area contributed by atoms with Crippen LogP contribution in [0.2, 0.25) is 0 Å². The predicted octanol–water partition coefficient (Wildman–Crippen LogP) is 2.62. The average molecular weight is 484 g/mol. The Kier molecular flexibility index (Phi) is 10.2. The molecule has 0 saturated carbocycles. The zero-order chi connectivity index (χ0) is 24.9. The van der Waals surface area contributed by atoms with E-state index in [0.29, 0.717) is 44.3 Å². The molecule has 0 aromatic heterocycles. The van der Waals surface area contributed by atoms with Crippen molar-refractivity contribution in [3.63, 3.8) is 0 Å². The lowest BCUT2D eigenvalue weighted by atomic mass is 10.1. The fourth-order valence-corrected chi connectivity index (χ4v) is 3.57. The van der Waals surface area contributed by atoms with Gasteiger partial charge in [0.2, 0.25) is 11.8 Å². The molecule has 1 atom stereocenters. The van der Waals surface area contributed by atoms with Crippen molar-refractivity contribution in [3.05, 3.63) is 54.6 Å². The molecular formula is C26H33N3O6. The monoisotopic (exact) mass is 483 g/mol. The fourth-order valence-electron chi connectivity index (χ4n) is 3.57. The smallest absolute Gasteiger partial charge is 0.308 e. The van der Waals surface area contributed by atoms with E-state index in [4.69, 9.17) is 14.2 Å². The van der Waals surface area contributed by atoms with E-state index in [-0.39, 0.29) is 24.8 Å². The maximum absolute atomic E-state index is 12.9. The van der Waals surface area contributed by atoms with Gasteiger partial charge in [-0.1, -0.05) is 37.6 Å². The summed E-state index contributed by atoms with van der Waals surface area (Å²) in [5, 5.41) is 5.80. The van der Waals surface area contributed by atoms with Gasteiger partial charge in [0.25, 0.3) is 0 Å². The Morgan fingerprint density at radius 1 is 1.03 bits per heavy atom. The second-order valence-corrected chi connectivity index (χ2v) is 8.06. The number of anilines is 1. The van der Waals surface area contributed by atoms with Crippen LogP contribution in [-0.2, 0) is 19.1 Å². The summed E-state index contributed by atoms with van der Waals surface area (Å²) in [5.74, 6) is 0.333. The molecule has 1 aliphatic rings. The molecule has 35 heavy (non-hydrogen) atoms. The number of hydrogen-bond donors (Lipinski definition) is 2. The van der Waals surface area contributed by atoms with E-state index in [1.807, 2.05) is 55.5 Å². The number of esters is 1. The summed E-state index contributed by atoms with van der Waals surface area (Å²) in [5.41, 5.74) is 0.705. The van der Waals surface area contributed by atoms with Crippen LogP contribution in [0.1, 0.15) is 26.2 Å². The second-order valence-electron chi connectivity index (χ2n) is 8.06. The van der Waals surface area contributed by atoms with Crippen molar-refractivity contribution in [2.75, 3.05) is 44.8 Å². The molecule has 1 fully saturated rings. The maximum atomic E-state index is 12.9. The quantitative estimate of drug-likeness (QED) is 0.333. The number of ether oxygens (including phenoxy) is 3. The predicted molar refractivity (Wildman–Crippen MR) is 131 cm³/mol. The third-order valence-corrected chi connectivity index (χ3v) is 5.41. The number of para-hydroxylation sites is 1. The zero-order valence-electron chi connectivity index (χ0n) is 20.0. The molecule has 2 N–H and O–H groups in total. The lowest BCUT2D eigenvalue weighted by Crippen LogP contribution is -2.58. The summed E-state index contributed by atoms with van der Waals surface area (Å²) in [4.78, 5) is 38.8. The number of carbonyl (C=O) groups is 3. The molecule has 2 amide bonds. The van der Waals surface area contributed by atoms with Gasteiger partial charge in [-0.3, -0.25) is 14.4 Å². The molecule has 1 aliphatic heterocycles. The van der Waals surface area contributed by atoms with Gasteiger partial charge in [0, 0.05) is 24.8 Å². The number of benzene rings is 2. The van der Waals surface area contributed by atoms with Crippen LogP contribution < -0.4 is 20.1 Å². The van der Waals surface area contributed by atoms with E-state index >= 15 is 0 Å². The normalized spacial score (nSPS) is 15.2. The summed E-state index contributed by atoms with van der Waals surface area (Å²) in [6.45, 7) is 3.75. The van der Waals surface area contributed by atoms with Crippen LogP contribution in [0.25, 0.3) is 0 Å². The summed E-state index contributed by atoms with van der Waals surface area (Å²) < 4.78 is 16.5. The minimum Gasteiger partial charge on any atom is -0.490 e. The highest BCUT2D eigenvalue weighted by molar-refractivity contribution is 5.93. The van der Waals surface area contributed by atoms with E-state index < -0.39 is 12.0 Å². The average Bonchev–Trinajstić information content (AvgIpc) is 2.87. The summed E-state index contributed by atoms with van der Waals surface area (Å²) in [6, 6.07) is 15.9. The van der Waals surface area contributed by atoms with Crippen molar-refractivity contribution in [2.24, 2.45) is 0 Å². The Balaban J connectivity index is 1.47. The highest BCUT2D eigenvalue weighted by Gasteiger charge is 2.34. The maximum Gasteiger partial charge on any atom is 0.308 e.